The quantitative estimate of drug-likeness (QED) is 0.747. The van der Waals surface area contributed by atoms with Crippen LogP contribution in [0.3, 0.4) is 0 Å². The second kappa shape index (κ2) is 4.27. The SMILES string of the molecule is C=CC(C)=CC1(CC)SC(=O)C(C)=C1O. The van der Waals surface area contributed by atoms with Gasteiger partial charge in [0.25, 0.3) is 0 Å². The summed E-state index contributed by atoms with van der Waals surface area (Å²) in [5.74, 6) is 0.196. The van der Waals surface area contributed by atoms with Crippen LogP contribution in [0.1, 0.15) is 27.2 Å². The summed E-state index contributed by atoms with van der Waals surface area (Å²) in [6.45, 7) is 9.21. The largest absolute Gasteiger partial charge is 0.510 e. The van der Waals surface area contributed by atoms with Crippen LogP contribution in [0.4, 0.5) is 0 Å². The molecule has 15 heavy (non-hydrogen) atoms. The number of hydrogen-bond acceptors (Lipinski definition) is 3. The molecule has 82 valence electrons. The van der Waals surface area contributed by atoms with E-state index in [-0.39, 0.29) is 10.9 Å². The highest BCUT2D eigenvalue weighted by Gasteiger charge is 2.42. The molecule has 2 nitrogen and oxygen atoms in total. The Hall–Kier alpha value is -0.960. The lowest BCUT2D eigenvalue weighted by Gasteiger charge is -2.22. The minimum absolute atomic E-state index is 0.0394. The van der Waals surface area contributed by atoms with Gasteiger partial charge in [0.15, 0.2) is 0 Å². The molecule has 1 aliphatic heterocycles. The third-order valence-corrected chi connectivity index (χ3v) is 4.10. The van der Waals surface area contributed by atoms with Gasteiger partial charge in [0.05, 0.1) is 4.75 Å². The highest BCUT2D eigenvalue weighted by Crippen LogP contribution is 2.46. The number of hydrogen-bond donors (Lipinski definition) is 1. The molecule has 1 atom stereocenters. The monoisotopic (exact) mass is 224 g/mol. The van der Waals surface area contributed by atoms with Crippen LogP contribution in [-0.2, 0) is 4.79 Å². The van der Waals surface area contributed by atoms with Gasteiger partial charge in [-0.25, -0.2) is 0 Å². The number of rotatable bonds is 3. The van der Waals surface area contributed by atoms with Gasteiger partial charge in [0.1, 0.15) is 5.76 Å². The van der Waals surface area contributed by atoms with Crippen LogP contribution in [0.2, 0.25) is 0 Å². The van der Waals surface area contributed by atoms with Crippen LogP contribution in [0.25, 0.3) is 0 Å². The predicted octanol–water partition coefficient (Wildman–Crippen LogP) is 3.37. The van der Waals surface area contributed by atoms with E-state index in [9.17, 15) is 9.90 Å². The second-order valence-corrected chi connectivity index (χ2v) is 5.00. The first kappa shape index (κ1) is 12.1. The Kier molecular flexibility index (Phi) is 3.45. The minimum atomic E-state index is -0.570. The zero-order valence-corrected chi connectivity index (χ0v) is 10.1. The molecule has 3 heteroatoms. The van der Waals surface area contributed by atoms with Gasteiger partial charge in [0, 0.05) is 5.57 Å². The maximum atomic E-state index is 11.5. The van der Waals surface area contributed by atoms with Crippen LogP contribution in [0.15, 0.2) is 35.6 Å². The van der Waals surface area contributed by atoms with Crippen molar-refractivity contribution in [1.82, 2.24) is 0 Å². The number of carbonyl (C=O) groups excluding carboxylic acids is 1. The van der Waals surface area contributed by atoms with Crippen molar-refractivity contribution in [2.75, 3.05) is 0 Å². The number of thioether (sulfide) groups is 1. The molecule has 0 aromatic carbocycles. The van der Waals surface area contributed by atoms with Crippen molar-refractivity contribution in [1.29, 1.82) is 0 Å². The lowest BCUT2D eigenvalue weighted by Crippen LogP contribution is -2.21. The Labute approximate surface area is 94.8 Å². The topological polar surface area (TPSA) is 37.3 Å². The van der Waals surface area contributed by atoms with Crippen LogP contribution in [0, 0.1) is 0 Å². The van der Waals surface area contributed by atoms with Gasteiger partial charge in [-0.15, -0.1) is 0 Å². The Morgan fingerprint density at radius 3 is 2.60 bits per heavy atom. The van der Waals surface area contributed by atoms with Crippen molar-refractivity contribution in [3.8, 4) is 0 Å². The Bertz CT molecular complexity index is 366. The highest BCUT2D eigenvalue weighted by atomic mass is 32.2. The molecule has 0 aliphatic carbocycles. The number of aliphatic hydroxyl groups excluding tert-OH is 1. The molecule has 1 unspecified atom stereocenters. The summed E-state index contributed by atoms with van der Waals surface area (Å²) in [6, 6.07) is 0. The van der Waals surface area contributed by atoms with Crippen LogP contribution in [0.5, 0.6) is 0 Å². The summed E-state index contributed by atoms with van der Waals surface area (Å²) in [7, 11) is 0. The Morgan fingerprint density at radius 1 is 1.67 bits per heavy atom. The Morgan fingerprint density at radius 2 is 2.27 bits per heavy atom. The van der Waals surface area contributed by atoms with E-state index < -0.39 is 4.75 Å². The molecule has 0 aromatic heterocycles. The first-order valence-corrected chi connectivity index (χ1v) is 5.74. The fourth-order valence-electron chi connectivity index (χ4n) is 1.57. The molecule has 0 saturated heterocycles. The lowest BCUT2D eigenvalue weighted by atomic mass is 9.97. The molecule has 1 N–H and O–H groups in total. The van der Waals surface area contributed by atoms with Gasteiger partial charge < -0.3 is 5.11 Å². The van der Waals surface area contributed by atoms with Crippen molar-refractivity contribution in [3.63, 3.8) is 0 Å². The zero-order valence-electron chi connectivity index (χ0n) is 9.33. The first-order valence-electron chi connectivity index (χ1n) is 4.92. The van der Waals surface area contributed by atoms with Gasteiger partial charge in [-0.1, -0.05) is 43.0 Å². The normalized spacial score (nSPS) is 27.4. The van der Waals surface area contributed by atoms with E-state index >= 15 is 0 Å². The average molecular weight is 224 g/mol. The number of carbonyl (C=O) groups is 1. The van der Waals surface area contributed by atoms with E-state index in [0.29, 0.717) is 12.0 Å². The zero-order chi connectivity index (χ0) is 11.6. The molecule has 0 fully saturated rings. The molecule has 1 aliphatic rings. The van der Waals surface area contributed by atoms with Crippen molar-refractivity contribution >= 4 is 16.9 Å². The number of allylic oxidation sites excluding steroid dienone is 2. The third-order valence-electron chi connectivity index (χ3n) is 2.65. The van der Waals surface area contributed by atoms with Crippen LogP contribution < -0.4 is 0 Å². The molecule has 0 aromatic rings. The van der Waals surface area contributed by atoms with E-state index in [1.165, 1.54) is 11.8 Å². The fraction of sp³-hybridized carbons (Fsp3) is 0.417. The summed E-state index contributed by atoms with van der Waals surface area (Å²) in [6.07, 6.45) is 4.33. The summed E-state index contributed by atoms with van der Waals surface area (Å²) >= 11 is 1.19. The van der Waals surface area contributed by atoms with E-state index in [1.807, 2.05) is 19.9 Å². The smallest absolute Gasteiger partial charge is 0.219 e. The molecule has 0 amide bonds. The first-order chi connectivity index (χ1) is 6.96. The molecule has 1 rings (SSSR count). The molecular formula is C12H16O2S. The van der Waals surface area contributed by atoms with Crippen molar-refractivity contribution in [3.05, 3.63) is 35.6 Å². The summed E-state index contributed by atoms with van der Waals surface area (Å²) in [4.78, 5) is 11.5. The van der Waals surface area contributed by atoms with E-state index in [4.69, 9.17) is 0 Å². The van der Waals surface area contributed by atoms with Gasteiger partial charge in [-0.3, -0.25) is 4.79 Å². The summed E-state index contributed by atoms with van der Waals surface area (Å²) in [5.41, 5.74) is 1.44. The lowest BCUT2D eigenvalue weighted by molar-refractivity contribution is -0.107. The van der Waals surface area contributed by atoms with E-state index in [0.717, 1.165) is 5.57 Å². The molecule has 1 heterocycles. The average Bonchev–Trinajstić information content (AvgIpc) is 2.44. The minimum Gasteiger partial charge on any atom is -0.510 e. The second-order valence-electron chi connectivity index (χ2n) is 3.70. The van der Waals surface area contributed by atoms with Crippen LogP contribution in [-0.4, -0.2) is 15.0 Å². The standard InChI is InChI=1S/C12H16O2S/c1-5-8(3)7-12(6-2)10(13)9(4)11(14)15-12/h5,7,13H,1,6H2,2-4H3. The van der Waals surface area contributed by atoms with Gasteiger partial charge >= 0.3 is 0 Å². The molecule has 0 saturated carbocycles. The van der Waals surface area contributed by atoms with E-state index in [1.54, 1.807) is 13.0 Å². The maximum absolute atomic E-state index is 11.5. The predicted molar refractivity (Wildman–Crippen MR) is 64.9 cm³/mol. The van der Waals surface area contributed by atoms with Gasteiger partial charge in [-0.05, 0) is 20.3 Å². The summed E-state index contributed by atoms with van der Waals surface area (Å²) < 4.78 is -0.570. The highest BCUT2D eigenvalue weighted by molar-refractivity contribution is 8.16. The number of aliphatic hydroxyl groups is 1. The van der Waals surface area contributed by atoms with Gasteiger partial charge in [0.2, 0.25) is 5.12 Å². The van der Waals surface area contributed by atoms with Crippen molar-refractivity contribution in [2.45, 2.75) is 31.9 Å². The van der Waals surface area contributed by atoms with Crippen LogP contribution >= 0.6 is 11.8 Å². The molecule has 0 spiro atoms. The van der Waals surface area contributed by atoms with Crippen molar-refractivity contribution < 1.29 is 9.90 Å². The molecule has 0 radical (unpaired) electrons. The fourth-order valence-corrected chi connectivity index (χ4v) is 2.79. The molecule has 0 bridgehead atoms. The third kappa shape index (κ3) is 2.02. The summed E-state index contributed by atoms with van der Waals surface area (Å²) in [5, 5.41) is 9.94. The molecular weight excluding hydrogens is 208 g/mol. The van der Waals surface area contributed by atoms with Crippen molar-refractivity contribution in [2.24, 2.45) is 0 Å². The van der Waals surface area contributed by atoms with E-state index in [2.05, 4.69) is 6.58 Å². The maximum Gasteiger partial charge on any atom is 0.219 e. The van der Waals surface area contributed by atoms with Gasteiger partial charge in [-0.2, -0.15) is 0 Å². The Balaban J connectivity index is 3.20.